The van der Waals surface area contributed by atoms with Gasteiger partial charge in [0.25, 0.3) is 5.56 Å². The highest BCUT2D eigenvalue weighted by atomic mass is 32.2. The molecule has 4 rings (SSSR count). The van der Waals surface area contributed by atoms with Crippen LogP contribution >= 0.6 is 20.0 Å². The maximum Gasteiger partial charge on any atom is 0.472 e. The van der Waals surface area contributed by atoms with Gasteiger partial charge < -0.3 is 25.0 Å². The first kappa shape index (κ1) is 21.6. The van der Waals surface area contributed by atoms with Gasteiger partial charge in [-0.05, 0) is 12.2 Å². The molecule has 4 heterocycles. The van der Waals surface area contributed by atoms with Gasteiger partial charge in [-0.3, -0.25) is 23.4 Å². The number of nitrogen functional groups attached to an aromatic ring is 1. The summed E-state index contributed by atoms with van der Waals surface area (Å²) in [5.41, 5.74) is 4.87. The summed E-state index contributed by atoms with van der Waals surface area (Å²) in [5, 5.41) is 10.7. The van der Waals surface area contributed by atoms with E-state index >= 15 is 0 Å². The predicted octanol–water partition coefficient (Wildman–Crippen LogP) is -1.34. The Morgan fingerprint density at radius 2 is 2.17 bits per heavy atom. The molecule has 0 bridgehead atoms. The van der Waals surface area contributed by atoms with E-state index in [1.165, 1.54) is 9.13 Å². The van der Waals surface area contributed by atoms with Gasteiger partial charge in [0.2, 0.25) is 5.95 Å². The van der Waals surface area contributed by atoms with E-state index in [1.54, 1.807) is 0 Å². The number of phosphoric ester groups is 1. The number of fused-ring (bicyclic) bond motifs is 2. The van der Waals surface area contributed by atoms with E-state index < -0.39 is 47.8 Å². The van der Waals surface area contributed by atoms with E-state index in [0.29, 0.717) is 0 Å². The van der Waals surface area contributed by atoms with E-state index in [2.05, 4.69) is 9.97 Å². The molecule has 30 heavy (non-hydrogen) atoms. The van der Waals surface area contributed by atoms with Gasteiger partial charge in [0.15, 0.2) is 22.2 Å². The lowest BCUT2D eigenvalue weighted by molar-refractivity contribution is -0.0669. The maximum absolute atomic E-state index is 12.5. The number of sulfone groups is 1. The molecule has 0 amide bonds. The van der Waals surface area contributed by atoms with E-state index in [9.17, 15) is 27.8 Å². The number of hydrogen-bond acceptors (Lipinski definition) is 11. The molecular formula is C13H18N5O9PS2. The van der Waals surface area contributed by atoms with Crippen molar-refractivity contribution in [1.82, 2.24) is 19.1 Å². The Balaban J connectivity index is 1.85. The average molecular weight is 483 g/mol. The number of hydrogen-bond donors (Lipinski definition) is 4. The molecule has 2 aliphatic heterocycles. The van der Waals surface area contributed by atoms with Gasteiger partial charge in [-0.15, -0.1) is 0 Å². The molecule has 1 unspecified atom stereocenters. The molecule has 5 N–H and O–H groups in total. The fourth-order valence-corrected chi connectivity index (χ4v) is 5.29. The Hall–Kier alpha value is -1.65. The van der Waals surface area contributed by atoms with Crippen LogP contribution in [-0.2, 0) is 34.7 Å². The molecule has 0 aromatic carbocycles. The highest BCUT2D eigenvalue weighted by molar-refractivity contribution is 7.90. The van der Waals surface area contributed by atoms with Gasteiger partial charge in [-0.1, -0.05) is 0 Å². The number of nitrogens with zero attached hydrogens (tertiary/aromatic N) is 3. The minimum Gasteiger partial charge on any atom is -0.386 e. The minimum absolute atomic E-state index is 0.0504. The molecule has 2 aliphatic rings. The number of anilines is 1. The lowest BCUT2D eigenvalue weighted by atomic mass is 10.1. The van der Waals surface area contributed by atoms with Crippen molar-refractivity contribution in [2.45, 2.75) is 31.1 Å². The zero-order valence-electron chi connectivity index (χ0n) is 15.4. The third-order valence-corrected chi connectivity index (χ3v) is 7.06. The van der Waals surface area contributed by atoms with Crippen LogP contribution in [0.25, 0.3) is 11.2 Å². The highest BCUT2D eigenvalue weighted by Gasteiger charge is 2.53. The molecule has 14 nitrogen and oxygen atoms in total. The highest BCUT2D eigenvalue weighted by Crippen LogP contribution is 2.52. The number of aromatic nitrogens is 4. The summed E-state index contributed by atoms with van der Waals surface area (Å²) in [6.07, 6.45) is -3.78. The fraction of sp³-hybridized carbons (Fsp3) is 0.615. The second kappa shape index (κ2) is 7.20. The van der Waals surface area contributed by atoms with Crippen molar-refractivity contribution in [3.63, 3.8) is 0 Å². The largest absolute Gasteiger partial charge is 0.472 e. The summed E-state index contributed by atoms with van der Waals surface area (Å²) in [6, 6.07) is 0. The van der Waals surface area contributed by atoms with Crippen LogP contribution in [0.1, 0.15) is 6.23 Å². The molecule has 2 aromatic heterocycles. The first-order chi connectivity index (χ1) is 13.9. The minimum atomic E-state index is -4.35. The molecule has 0 spiro atoms. The number of aliphatic hydroxyl groups is 1. The number of imidazole rings is 1. The fourth-order valence-electron chi connectivity index (χ4n) is 3.44. The molecule has 5 atom stereocenters. The molecule has 0 saturated carbocycles. The Bertz CT molecular complexity index is 1280. The maximum atomic E-state index is 12.5. The molecule has 2 aromatic rings. The third-order valence-electron chi connectivity index (χ3n) is 4.74. The van der Waals surface area contributed by atoms with Gasteiger partial charge in [0.1, 0.15) is 28.1 Å². The number of aromatic amines is 1. The molecule has 0 radical (unpaired) electrons. The summed E-state index contributed by atoms with van der Waals surface area (Å²) in [7, 11) is -7.74. The monoisotopic (exact) mass is 483 g/mol. The van der Waals surface area contributed by atoms with E-state index in [1.807, 2.05) is 0 Å². The summed E-state index contributed by atoms with van der Waals surface area (Å²) < 4.78 is 52.7. The summed E-state index contributed by atoms with van der Waals surface area (Å²) in [6.45, 7) is -0.473. The van der Waals surface area contributed by atoms with Crippen LogP contribution < -0.4 is 11.3 Å². The van der Waals surface area contributed by atoms with Crippen molar-refractivity contribution < 1.29 is 36.8 Å². The van der Waals surface area contributed by atoms with Crippen LogP contribution in [-0.4, -0.2) is 74.4 Å². The van der Waals surface area contributed by atoms with Gasteiger partial charge in [-0.25, -0.2) is 13.0 Å². The summed E-state index contributed by atoms with van der Waals surface area (Å²) in [4.78, 5) is 28.4. The number of H-pyrrole nitrogens is 1. The van der Waals surface area contributed by atoms with Crippen molar-refractivity contribution in [2.24, 2.45) is 0 Å². The average Bonchev–Trinajstić information content (AvgIpc) is 3.06. The van der Waals surface area contributed by atoms with E-state index in [0.717, 1.165) is 6.26 Å². The van der Waals surface area contributed by atoms with Crippen molar-refractivity contribution in [3.8, 4) is 0 Å². The van der Waals surface area contributed by atoms with Crippen molar-refractivity contribution >= 4 is 47.0 Å². The topological polar surface area (TPSA) is 201 Å². The van der Waals surface area contributed by atoms with Gasteiger partial charge in [-0.2, -0.15) is 4.98 Å². The van der Waals surface area contributed by atoms with Crippen LogP contribution in [0.4, 0.5) is 5.95 Å². The normalized spacial score (nSPS) is 31.8. The molecule has 2 fully saturated rings. The number of nitrogens with two attached hydrogens (primary N) is 1. The summed E-state index contributed by atoms with van der Waals surface area (Å²) >= 11 is 5.41. The predicted molar refractivity (Wildman–Crippen MR) is 104 cm³/mol. The zero-order chi connectivity index (χ0) is 22.0. The van der Waals surface area contributed by atoms with Crippen LogP contribution in [0.2, 0.25) is 0 Å². The van der Waals surface area contributed by atoms with Crippen molar-refractivity contribution in [3.05, 3.63) is 15.1 Å². The number of rotatable bonds is 4. The number of aryl methyl sites for hydroxylation is 1. The SMILES string of the molecule is CS(=O)(=O)CCn1c(=S)n([C@@H]2O[C@@H]3COP(=O)(O)O[C@H]3[C@H]2O)c2nc(N)[nH]c(=O)c21. The molecule has 0 aliphatic carbocycles. The number of phosphoric acid groups is 1. The molecule has 17 heteroatoms. The lowest BCUT2D eigenvalue weighted by Gasteiger charge is -2.27. The van der Waals surface area contributed by atoms with Gasteiger partial charge in [0, 0.05) is 12.8 Å². The molecule has 166 valence electrons. The van der Waals surface area contributed by atoms with Crippen LogP contribution in [0.15, 0.2) is 4.79 Å². The van der Waals surface area contributed by atoms with Crippen LogP contribution in [0.3, 0.4) is 0 Å². The number of nitrogens with one attached hydrogen (secondary N) is 1. The Morgan fingerprint density at radius 3 is 2.83 bits per heavy atom. The van der Waals surface area contributed by atoms with E-state index in [-0.39, 0.29) is 40.8 Å². The first-order valence-corrected chi connectivity index (χ1v) is 12.5. The lowest BCUT2D eigenvalue weighted by Crippen LogP contribution is -2.39. The van der Waals surface area contributed by atoms with Crippen LogP contribution in [0, 0.1) is 4.77 Å². The third kappa shape index (κ3) is 3.73. The second-order valence-electron chi connectivity index (χ2n) is 6.95. The molecule has 2 saturated heterocycles. The van der Waals surface area contributed by atoms with Crippen molar-refractivity contribution in [1.29, 1.82) is 0 Å². The quantitative estimate of drug-likeness (QED) is 0.295. The standard InChI is InChI=1S/C13H18N5O9PS2/c1-30(23,24)3-2-17-6-9(15-12(14)16-10(6)20)18(13(17)29)11-7(19)8-5(26-11)4-25-28(21,22)27-8/h5,7-8,11,19H,2-4H2,1H3,(H,21,22)(H3,14,15,16,20)/t5-,7-,8-,11-/m1/s1. The summed E-state index contributed by atoms with van der Waals surface area (Å²) in [5.74, 6) is -0.547. The Kier molecular flexibility index (Phi) is 5.18. The zero-order valence-corrected chi connectivity index (χ0v) is 17.9. The Labute approximate surface area is 173 Å². The molecular weight excluding hydrogens is 465 g/mol. The van der Waals surface area contributed by atoms with Gasteiger partial charge in [0.05, 0.1) is 12.4 Å². The van der Waals surface area contributed by atoms with Crippen molar-refractivity contribution in [2.75, 3.05) is 24.3 Å². The Morgan fingerprint density at radius 1 is 1.47 bits per heavy atom. The number of aliphatic hydroxyl groups excluding tert-OH is 1. The van der Waals surface area contributed by atoms with Gasteiger partial charge >= 0.3 is 7.82 Å². The number of ether oxygens (including phenoxy) is 1. The smallest absolute Gasteiger partial charge is 0.386 e. The van der Waals surface area contributed by atoms with E-state index in [4.69, 9.17) is 31.7 Å². The first-order valence-electron chi connectivity index (χ1n) is 8.55. The second-order valence-corrected chi connectivity index (χ2v) is 11.0. The van der Waals surface area contributed by atoms with Crippen LogP contribution in [0.5, 0.6) is 0 Å².